The van der Waals surface area contributed by atoms with Gasteiger partial charge in [0.2, 0.25) is 5.78 Å². The van der Waals surface area contributed by atoms with Crippen LogP contribution in [0.15, 0.2) is 82.6 Å². The third kappa shape index (κ3) is 3.63. The molecule has 32 heavy (non-hydrogen) atoms. The molecule has 0 aliphatic carbocycles. The minimum absolute atomic E-state index is 0.153. The number of nitrogens with zero attached hydrogens (tertiary/aromatic N) is 4. The highest BCUT2D eigenvalue weighted by atomic mass is 32.2. The number of sulfonamides is 1. The Kier molecular flexibility index (Phi) is 4.75. The maximum Gasteiger partial charge on any atom is 0.261 e. The topological polar surface area (TPSA) is 102 Å². The van der Waals surface area contributed by atoms with Crippen molar-refractivity contribution in [2.24, 2.45) is 0 Å². The van der Waals surface area contributed by atoms with Gasteiger partial charge in [0, 0.05) is 41.8 Å². The maximum atomic E-state index is 12.9. The van der Waals surface area contributed by atoms with E-state index in [9.17, 15) is 8.42 Å². The van der Waals surface area contributed by atoms with E-state index in [1.807, 2.05) is 29.7 Å². The number of rotatable bonds is 5. The van der Waals surface area contributed by atoms with Crippen molar-refractivity contribution in [1.82, 2.24) is 19.4 Å². The largest absolute Gasteiger partial charge is 0.449 e. The first-order valence-corrected chi connectivity index (χ1v) is 11.3. The van der Waals surface area contributed by atoms with E-state index >= 15 is 0 Å². The van der Waals surface area contributed by atoms with E-state index in [0.717, 1.165) is 22.5 Å². The first-order chi connectivity index (χ1) is 15.4. The Bertz CT molecular complexity index is 1540. The van der Waals surface area contributed by atoms with Crippen molar-refractivity contribution in [3.8, 4) is 22.5 Å². The summed E-state index contributed by atoms with van der Waals surface area (Å²) in [6.45, 7) is 3.70. The molecule has 8 nitrogen and oxygen atoms in total. The summed E-state index contributed by atoms with van der Waals surface area (Å²) >= 11 is 0. The molecule has 1 N–H and O–H groups in total. The number of nitrogens with one attached hydrogen (secondary N) is 1. The Balaban J connectivity index is 1.43. The number of anilines is 1. The Morgan fingerprint density at radius 3 is 2.50 bits per heavy atom. The van der Waals surface area contributed by atoms with Gasteiger partial charge >= 0.3 is 0 Å². The van der Waals surface area contributed by atoms with Gasteiger partial charge in [-0.1, -0.05) is 24.3 Å². The van der Waals surface area contributed by atoms with Gasteiger partial charge in [0.05, 0.1) is 10.6 Å². The van der Waals surface area contributed by atoms with E-state index in [0.29, 0.717) is 23.0 Å². The van der Waals surface area contributed by atoms with Gasteiger partial charge in [0.25, 0.3) is 10.0 Å². The molecule has 0 spiro atoms. The molecule has 0 saturated carbocycles. The van der Waals surface area contributed by atoms with Crippen LogP contribution >= 0.6 is 0 Å². The maximum absolute atomic E-state index is 12.9. The fourth-order valence-corrected chi connectivity index (χ4v) is 4.57. The molecule has 9 heteroatoms. The minimum atomic E-state index is -3.77. The molecule has 0 bridgehead atoms. The predicted octanol–water partition coefficient (Wildman–Crippen LogP) is 4.47. The molecule has 160 valence electrons. The van der Waals surface area contributed by atoms with Crippen molar-refractivity contribution in [3.63, 3.8) is 0 Å². The van der Waals surface area contributed by atoms with Gasteiger partial charge in [-0.2, -0.15) is 0 Å². The molecule has 3 heterocycles. The van der Waals surface area contributed by atoms with Gasteiger partial charge in [-0.3, -0.25) is 9.12 Å². The number of benzene rings is 2. The van der Waals surface area contributed by atoms with Crippen LogP contribution in [0, 0.1) is 13.8 Å². The summed E-state index contributed by atoms with van der Waals surface area (Å²) in [7, 11) is -3.77. The van der Waals surface area contributed by atoms with E-state index < -0.39 is 10.0 Å². The smallest absolute Gasteiger partial charge is 0.261 e. The molecule has 0 fully saturated rings. The van der Waals surface area contributed by atoms with Crippen LogP contribution < -0.4 is 4.72 Å². The van der Waals surface area contributed by atoms with Crippen LogP contribution in [-0.4, -0.2) is 27.8 Å². The van der Waals surface area contributed by atoms with Crippen molar-refractivity contribution >= 4 is 21.5 Å². The van der Waals surface area contributed by atoms with Gasteiger partial charge in [0.1, 0.15) is 12.0 Å². The predicted molar refractivity (Wildman–Crippen MR) is 121 cm³/mol. The van der Waals surface area contributed by atoms with Crippen LogP contribution in [0.2, 0.25) is 0 Å². The third-order valence-electron chi connectivity index (χ3n) is 5.11. The lowest BCUT2D eigenvalue weighted by Crippen LogP contribution is -2.12. The Labute approximate surface area is 184 Å². The van der Waals surface area contributed by atoms with E-state index in [1.165, 1.54) is 0 Å². The van der Waals surface area contributed by atoms with Gasteiger partial charge in [-0.15, -0.1) is 0 Å². The van der Waals surface area contributed by atoms with Crippen molar-refractivity contribution in [2.75, 3.05) is 4.72 Å². The van der Waals surface area contributed by atoms with Crippen LogP contribution in [0.1, 0.15) is 11.6 Å². The number of imidazole rings is 1. The van der Waals surface area contributed by atoms with Gasteiger partial charge in [-0.25, -0.2) is 23.4 Å². The summed E-state index contributed by atoms with van der Waals surface area (Å²) in [5.41, 5.74) is 4.35. The Morgan fingerprint density at radius 2 is 1.78 bits per heavy atom. The quantitative estimate of drug-likeness (QED) is 0.428. The highest BCUT2D eigenvalue weighted by Crippen LogP contribution is 2.27. The average molecular weight is 446 g/mol. The fraction of sp³-hybridized carbons (Fsp3) is 0.0870. The minimum Gasteiger partial charge on any atom is -0.449 e. The van der Waals surface area contributed by atoms with E-state index in [2.05, 4.69) is 19.7 Å². The molecule has 0 aliphatic heterocycles. The summed E-state index contributed by atoms with van der Waals surface area (Å²) in [6, 6.07) is 15.5. The van der Waals surface area contributed by atoms with Gasteiger partial charge < -0.3 is 4.42 Å². The summed E-state index contributed by atoms with van der Waals surface area (Å²) in [6.07, 6.45) is 5.12. The van der Waals surface area contributed by atoms with E-state index in [-0.39, 0.29) is 4.90 Å². The Morgan fingerprint density at radius 1 is 0.969 bits per heavy atom. The van der Waals surface area contributed by atoms with Gasteiger partial charge in [-0.05, 0) is 37.3 Å². The van der Waals surface area contributed by atoms with Crippen molar-refractivity contribution in [2.45, 2.75) is 18.7 Å². The molecule has 0 unspecified atom stereocenters. The summed E-state index contributed by atoms with van der Waals surface area (Å²) in [5.74, 6) is 1.14. The number of fused-ring (bicyclic) bond motifs is 1. The monoisotopic (exact) mass is 445 g/mol. The molecule has 0 saturated heterocycles. The average Bonchev–Trinajstić information content (AvgIpc) is 3.37. The van der Waals surface area contributed by atoms with Crippen molar-refractivity contribution in [3.05, 3.63) is 84.8 Å². The molecule has 5 aromatic rings. The third-order valence-corrected chi connectivity index (χ3v) is 6.51. The number of hydrogen-bond acceptors (Lipinski definition) is 6. The number of hydrogen-bond donors (Lipinski definition) is 1. The highest BCUT2D eigenvalue weighted by molar-refractivity contribution is 7.92. The van der Waals surface area contributed by atoms with Crippen LogP contribution in [0.25, 0.3) is 28.3 Å². The van der Waals surface area contributed by atoms with Crippen LogP contribution in [0.5, 0.6) is 0 Å². The zero-order chi connectivity index (χ0) is 22.3. The van der Waals surface area contributed by atoms with Crippen LogP contribution in [0.4, 0.5) is 5.69 Å². The SMILES string of the molecule is Cc1nc(-c2ccc(S(=O)(=O)Nc3cccc(-c4nc5ncccn5c4C)c3)cc2)co1. The summed E-state index contributed by atoms with van der Waals surface area (Å²) in [4.78, 5) is 13.3. The fourth-order valence-electron chi connectivity index (χ4n) is 3.52. The lowest BCUT2D eigenvalue weighted by Gasteiger charge is -2.10. The lowest BCUT2D eigenvalue weighted by molar-refractivity contribution is 0.521. The zero-order valence-electron chi connectivity index (χ0n) is 17.4. The van der Waals surface area contributed by atoms with Crippen molar-refractivity contribution < 1.29 is 12.8 Å². The summed E-state index contributed by atoms with van der Waals surface area (Å²) in [5, 5.41) is 0. The van der Waals surface area contributed by atoms with Crippen molar-refractivity contribution in [1.29, 1.82) is 0 Å². The van der Waals surface area contributed by atoms with Crippen LogP contribution in [-0.2, 0) is 10.0 Å². The zero-order valence-corrected chi connectivity index (χ0v) is 18.2. The molecule has 5 rings (SSSR count). The second kappa shape index (κ2) is 7.61. The molecule has 0 radical (unpaired) electrons. The van der Waals surface area contributed by atoms with Crippen LogP contribution in [0.3, 0.4) is 0 Å². The van der Waals surface area contributed by atoms with E-state index in [1.54, 1.807) is 61.8 Å². The first-order valence-electron chi connectivity index (χ1n) is 9.86. The second-order valence-electron chi connectivity index (χ2n) is 7.30. The number of aromatic nitrogens is 4. The molecule has 0 atom stereocenters. The lowest BCUT2D eigenvalue weighted by atomic mass is 10.1. The Hall–Kier alpha value is -3.98. The normalized spacial score (nSPS) is 11.7. The molecule has 2 aromatic carbocycles. The molecule has 0 aliphatic rings. The molecule has 3 aromatic heterocycles. The van der Waals surface area contributed by atoms with E-state index in [4.69, 9.17) is 4.42 Å². The summed E-state index contributed by atoms with van der Waals surface area (Å²) < 4.78 is 35.6. The molecular weight excluding hydrogens is 426 g/mol. The molecule has 0 amide bonds. The number of oxazole rings is 1. The first kappa shape index (κ1) is 20.0. The standard InChI is InChI=1S/C23H19N5O3S/c1-15-22(26-23-24-11-4-12-28(15)23)18-5-3-6-19(13-18)27-32(29,30)20-9-7-17(8-10-20)21-14-31-16(2)25-21/h3-14,27H,1-2H3. The second-order valence-corrected chi connectivity index (χ2v) is 8.98. The number of aryl methyl sites for hydroxylation is 2. The van der Waals surface area contributed by atoms with Gasteiger partial charge in [0.15, 0.2) is 5.89 Å². The molecular formula is C23H19N5O3S. The highest BCUT2D eigenvalue weighted by Gasteiger charge is 2.16.